The molecule has 1 heterocycles. The van der Waals surface area contributed by atoms with Crippen LogP contribution in [0.25, 0.3) is 0 Å². The summed E-state index contributed by atoms with van der Waals surface area (Å²) in [5.74, 6) is -2.37. The number of hydrogen-bond donors (Lipinski definition) is 1. The van der Waals surface area contributed by atoms with E-state index in [0.29, 0.717) is 11.3 Å². The van der Waals surface area contributed by atoms with E-state index >= 15 is 0 Å². The van der Waals surface area contributed by atoms with Gasteiger partial charge in [0.1, 0.15) is 23.1 Å². The van der Waals surface area contributed by atoms with Crippen LogP contribution in [0.2, 0.25) is 0 Å². The number of nitrogens with two attached hydrogens (primary N) is 1. The number of benzene rings is 3. The normalized spacial score (nSPS) is 15.2. The number of nitrogen functional groups attached to an aromatic ring is 1. The summed E-state index contributed by atoms with van der Waals surface area (Å²) in [5.41, 5.74) is 7.14. The van der Waals surface area contributed by atoms with Crippen LogP contribution in [-0.2, 0) is 6.54 Å². The van der Waals surface area contributed by atoms with Crippen LogP contribution in [0, 0.1) is 23.3 Å². The zero-order chi connectivity index (χ0) is 22.0. The number of likely N-dealkylation sites (tertiary alicyclic amines) is 1. The van der Waals surface area contributed by atoms with Crippen LogP contribution in [0.1, 0.15) is 29.9 Å². The number of ether oxygens (including phenoxy) is 1. The summed E-state index contributed by atoms with van der Waals surface area (Å²) >= 11 is 0. The molecule has 3 aromatic rings. The topological polar surface area (TPSA) is 38.5 Å². The number of rotatable bonds is 5. The Morgan fingerprint density at radius 3 is 2.13 bits per heavy atom. The molecule has 2 N–H and O–H groups in total. The first kappa shape index (κ1) is 21.2. The lowest BCUT2D eigenvalue weighted by Crippen LogP contribution is -2.32. The van der Waals surface area contributed by atoms with Crippen LogP contribution in [0.3, 0.4) is 0 Å². The van der Waals surface area contributed by atoms with Crippen LogP contribution < -0.4 is 10.5 Å². The molecule has 0 unspecified atom stereocenters. The van der Waals surface area contributed by atoms with Crippen molar-refractivity contribution < 1.29 is 22.3 Å². The Hall–Kier alpha value is -3.06. The molecule has 1 saturated heterocycles. The molecule has 0 radical (unpaired) electrons. The highest BCUT2D eigenvalue weighted by molar-refractivity contribution is 5.44. The molecule has 1 fully saturated rings. The van der Waals surface area contributed by atoms with Gasteiger partial charge in [-0.1, -0.05) is 12.1 Å². The minimum absolute atomic E-state index is 0.0195. The van der Waals surface area contributed by atoms with E-state index in [-0.39, 0.29) is 17.4 Å². The molecule has 1 aliphatic rings. The molecule has 0 bridgehead atoms. The lowest BCUT2D eigenvalue weighted by Gasteiger charge is -2.32. The van der Waals surface area contributed by atoms with E-state index < -0.39 is 23.3 Å². The Bertz CT molecular complexity index is 1060. The van der Waals surface area contributed by atoms with Gasteiger partial charge in [-0.25, -0.2) is 17.6 Å². The van der Waals surface area contributed by atoms with E-state index in [0.717, 1.165) is 56.2 Å². The smallest absolute Gasteiger partial charge is 0.162 e. The first-order valence-corrected chi connectivity index (χ1v) is 10.1. The molecule has 162 valence electrons. The zero-order valence-electron chi connectivity index (χ0n) is 16.8. The first-order valence-electron chi connectivity index (χ1n) is 10.1. The predicted octanol–water partition coefficient (Wildman–Crippen LogP) is 6.00. The molecular weight excluding hydrogens is 408 g/mol. The van der Waals surface area contributed by atoms with Crippen LogP contribution >= 0.6 is 0 Å². The van der Waals surface area contributed by atoms with E-state index in [2.05, 4.69) is 4.90 Å². The van der Waals surface area contributed by atoms with Crippen molar-refractivity contribution >= 4 is 5.69 Å². The Morgan fingerprint density at radius 1 is 0.774 bits per heavy atom. The second kappa shape index (κ2) is 8.98. The summed E-state index contributed by atoms with van der Waals surface area (Å²) in [6, 6.07) is 13.1. The molecule has 0 saturated carbocycles. The standard InChI is InChI=1S/C24H22F4N2O/c25-20-6-5-18(11-22(20)27)31-17-3-1-15(2-4-17)14-30-9-7-16(8-10-30)19-12-24(29)23(28)13-21(19)26/h1-6,11-13,16H,7-10,14,29H2. The number of nitrogens with zero attached hydrogens (tertiary/aromatic N) is 1. The zero-order valence-corrected chi connectivity index (χ0v) is 16.8. The van der Waals surface area contributed by atoms with Gasteiger partial charge in [0.25, 0.3) is 0 Å². The molecule has 0 aliphatic carbocycles. The molecule has 1 aliphatic heterocycles. The van der Waals surface area contributed by atoms with E-state index in [1.54, 1.807) is 12.1 Å². The Labute approximate surface area is 178 Å². The van der Waals surface area contributed by atoms with Crippen molar-refractivity contribution in [3.8, 4) is 11.5 Å². The van der Waals surface area contributed by atoms with Crippen molar-refractivity contribution in [2.75, 3.05) is 18.8 Å². The minimum atomic E-state index is -0.958. The van der Waals surface area contributed by atoms with Gasteiger partial charge in [-0.15, -0.1) is 0 Å². The lowest BCUT2D eigenvalue weighted by molar-refractivity contribution is 0.203. The van der Waals surface area contributed by atoms with Crippen molar-refractivity contribution in [2.45, 2.75) is 25.3 Å². The van der Waals surface area contributed by atoms with Gasteiger partial charge in [0.05, 0.1) is 5.69 Å². The summed E-state index contributed by atoms with van der Waals surface area (Å²) in [6.07, 6.45) is 1.53. The summed E-state index contributed by atoms with van der Waals surface area (Å²) in [5, 5.41) is 0. The van der Waals surface area contributed by atoms with Crippen molar-refractivity contribution in [3.05, 3.63) is 89.0 Å². The van der Waals surface area contributed by atoms with E-state index in [9.17, 15) is 17.6 Å². The Morgan fingerprint density at radius 2 is 1.45 bits per heavy atom. The second-order valence-corrected chi connectivity index (χ2v) is 7.77. The van der Waals surface area contributed by atoms with Crippen molar-refractivity contribution in [1.82, 2.24) is 4.90 Å². The highest BCUT2D eigenvalue weighted by Gasteiger charge is 2.24. The highest BCUT2D eigenvalue weighted by atomic mass is 19.2. The third kappa shape index (κ3) is 4.99. The average Bonchev–Trinajstić information content (AvgIpc) is 2.75. The quantitative estimate of drug-likeness (QED) is 0.399. The number of piperidine rings is 1. The lowest BCUT2D eigenvalue weighted by atomic mass is 9.88. The fourth-order valence-electron chi connectivity index (χ4n) is 3.90. The van der Waals surface area contributed by atoms with Crippen LogP contribution in [0.15, 0.2) is 54.6 Å². The van der Waals surface area contributed by atoms with Crippen molar-refractivity contribution in [3.63, 3.8) is 0 Å². The molecule has 0 aromatic heterocycles. The van der Waals surface area contributed by atoms with Crippen molar-refractivity contribution in [1.29, 1.82) is 0 Å². The van der Waals surface area contributed by atoms with E-state index in [1.807, 2.05) is 12.1 Å². The van der Waals surface area contributed by atoms with E-state index in [1.165, 1.54) is 12.1 Å². The molecule has 0 spiro atoms. The van der Waals surface area contributed by atoms with Crippen molar-refractivity contribution in [2.24, 2.45) is 0 Å². The van der Waals surface area contributed by atoms with Gasteiger partial charge >= 0.3 is 0 Å². The van der Waals surface area contributed by atoms with E-state index in [4.69, 9.17) is 10.5 Å². The number of anilines is 1. The maximum Gasteiger partial charge on any atom is 0.162 e. The fourth-order valence-corrected chi connectivity index (χ4v) is 3.90. The maximum absolute atomic E-state index is 14.1. The fraction of sp³-hybridized carbons (Fsp3) is 0.250. The predicted molar refractivity (Wildman–Crippen MR) is 111 cm³/mol. The molecule has 31 heavy (non-hydrogen) atoms. The molecule has 3 nitrogen and oxygen atoms in total. The summed E-state index contributed by atoms with van der Waals surface area (Å²) in [6.45, 7) is 2.30. The average molecular weight is 430 g/mol. The molecule has 0 atom stereocenters. The molecule has 7 heteroatoms. The molecule has 3 aromatic carbocycles. The van der Waals surface area contributed by atoms with Gasteiger partial charge in [0, 0.05) is 18.7 Å². The largest absolute Gasteiger partial charge is 0.457 e. The monoisotopic (exact) mass is 430 g/mol. The molecule has 0 amide bonds. The van der Waals surface area contributed by atoms with Gasteiger partial charge in [-0.3, -0.25) is 4.90 Å². The minimum Gasteiger partial charge on any atom is -0.457 e. The van der Waals surface area contributed by atoms with Gasteiger partial charge in [0.2, 0.25) is 0 Å². The highest BCUT2D eigenvalue weighted by Crippen LogP contribution is 2.32. The third-order valence-corrected chi connectivity index (χ3v) is 5.60. The van der Waals surface area contributed by atoms with Crippen LogP contribution in [-0.4, -0.2) is 18.0 Å². The van der Waals surface area contributed by atoms with Gasteiger partial charge in [-0.05, 0) is 73.3 Å². The van der Waals surface area contributed by atoms with Gasteiger partial charge in [-0.2, -0.15) is 0 Å². The Kier molecular flexibility index (Phi) is 6.13. The van der Waals surface area contributed by atoms with Crippen LogP contribution in [0.5, 0.6) is 11.5 Å². The summed E-state index contributed by atoms with van der Waals surface area (Å²) in [7, 11) is 0. The number of halogens is 4. The maximum atomic E-state index is 14.1. The molecular formula is C24H22F4N2O. The van der Waals surface area contributed by atoms with Gasteiger partial charge in [0.15, 0.2) is 11.6 Å². The number of hydrogen-bond acceptors (Lipinski definition) is 3. The SMILES string of the molecule is Nc1cc(C2CCN(Cc3ccc(Oc4ccc(F)c(F)c4)cc3)CC2)c(F)cc1F. The first-order chi connectivity index (χ1) is 14.9. The summed E-state index contributed by atoms with van der Waals surface area (Å²) < 4.78 is 59.4. The third-order valence-electron chi connectivity index (χ3n) is 5.60. The summed E-state index contributed by atoms with van der Waals surface area (Å²) in [4.78, 5) is 2.27. The van der Waals surface area contributed by atoms with Gasteiger partial charge < -0.3 is 10.5 Å². The Balaban J connectivity index is 1.32. The second-order valence-electron chi connectivity index (χ2n) is 7.77. The molecule has 4 rings (SSSR count). The van der Waals surface area contributed by atoms with Crippen LogP contribution in [0.4, 0.5) is 23.2 Å².